The van der Waals surface area contributed by atoms with E-state index in [0.29, 0.717) is 24.8 Å². The largest absolute Gasteiger partial charge is 0.372 e. The van der Waals surface area contributed by atoms with Crippen LogP contribution in [0.5, 0.6) is 0 Å². The van der Waals surface area contributed by atoms with Crippen LogP contribution in [0.2, 0.25) is 0 Å². The van der Waals surface area contributed by atoms with Crippen LogP contribution in [0.25, 0.3) is 33.4 Å². The number of benzene rings is 3. The van der Waals surface area contributed by atoms with E-state index in [1.807, 2.05) is 65.9 Å². The maximum Gasteiger partial charge on any atom is 0.328 e. The molecule has 0 aliphatic carbocycles. The minimum Gasteiger partial charge on any atom is -0.372 e. The quantitative estimate of drug-likeness (QED) is 0.124. The molecule has 1 unspecified atom stereocenters. The standard InChI is InChI=1S/C49H57N11O4/c1-30-25-35(9-13-39(30)32(3)51-46(62)45-53-47(64-56-45)49(4,5)6)43-40-27-36(28-50-44(40)55-54-43)34-7-10-37(11-8-34)59-23-21-57(22-24-59)29-33-15-18-58(19-16-33)38-12-14-41(31(2)26-38)60-20-17-42(61)52-48(60)63/h7-14,25-28,32-33H,15-24,29H2,1-6H3,(H,51,62)(H,50,54,55)(H,52,61,63). The smallest absolute Gasteiger partial charge is 0.328 e. The highest BCUT2D eigenvalue weighted by Crippen LogP contribution is 2.34. The summed E-state index contributed by atoms with van der Waals surface area (Å²) in [6, 6.07) is 22.8. The lowest BCUT2D eigenvalue weighted by Crippen LogP contribution is -2.49. The van der Waals surface area contributed by atoms with Crippen LogP contribution in [0.4, 0.5) is 21.9 Å². The Hall–Kier alpha value is -6.61. The molecule has 6 aromatic rings. The van der Waals surface area contributed by atoms with E-state index >= 15 is 0 Å². The molecule has 3 aliphatic rings. The van der Waals surface area contributed by atoms with Crippen molar-refractivity contribution in [2.24, 2.45) is 5.92 Å². The summed E-state index contributed by atoms with van der Waals surface area (Å²) in [5, 5.41) is 18.0. The van der Waals surface area contributed by atoms with E-state index in [4.69, 9.17) is 9.51 Å². The normalized spacial score (nSPS) is 17.2. The summed E-state index contributed by atoms with van der Waals surface area (Å²) in [4.78, 5) is 55.3. The highest BCUT2D eigenvalue weighted by molar-refractivity contribution is 6.06. The van der Waals surface area contributed by atoms with Crippen molar-refractivity contribution in [3.63, 3.8) is 0 Å². The topological polar surface area (TPSA) is 169 Å². The second kappa shape index (κ2) is 17.5. The highest BCUT2D eigenvalue weighted by Gasteiger charge is 2.29. The van der Waals surface area contributed by atoms with E-state index < -0.39 is 0 Å². The van der Waals surface area contributed by atoms with Gasteiger partial charge in [0.15, 0.2) is 5.65 Å². The number of aryl methyl sites for hydroxylation is 2. The fraction of sp³-hybridized carbons (Fsp3) is 0.408. The lowest BCUT2D eigenvalue weighted by molar-refractivity contribution is -0.120. The molecule has 3 fully saturated rings. The molecule has 3 aromatic carbocycles. The highest BCUT2D eigenvalue weighted by atomic mass is 16.5. The van der Waals surface area contributed by atoms with Gasteiger partial charge in [0, 0.05) is 104 Å². The molecule has 332 valence electrons. The van der Waals surface area contributed by atoms with Gasteiger partial charge < -0.3 is 19.6 Å². The molecule has 9 rings (SSSR count). The fourth-order valence-electron chi connectivity index (χ4n) is 9.27. The van der Waals surface area contributed by atoms with E-state index in [9.17, 15) is 14.4 Å². The second-order valence-corrected chi connectivity index (χ2v) is 18.6. The Morgan fingerprint density at radius 2 is 1.56 bits per heavy atom. The molecule has 15 heteroatoms. The molecule has 3 N–H and O–H groups in total. The number of urea groups is 1. The number of H-pyrrole nitrogens is 1. The zero-order chi connectivity index (χ0) is 44.7. The van der Waals surface area contributed by atoms with Gasteiger partial charge in [0.25, 0.3) is 11.7 Å². The van der Waals surface area contributed by atoms with Crippen LogP contribution < -0.4 is 25.3 Å². The van der Waals surface area contributed by atoms with Gasteiger partial charge in [0.05, 0.1) is 6.04 Å². The van der Waals surface area contributed by atoms with Gasteiger partial charge in [-0.15, -0.1) is 0 Å². The molecule has 1 atom stereocenters. The number of imide groups is 1. The number of anilines is 3. The van der Waals surface area contributed by atoms with Gasteiger partial charge in [-0.1, -0.05) is 50.2 Å². The van der Waals surface area contributed by atoms with Crippen LogP contribution in [0.15, 0.2) is 77.4 Å². The van der Waals surface area contributed by atoms with Crippen LogP contribution in [0.3, 0.4) is 0 Å². The molecule has 15 nitrogen and oxygen atoms in total. The predicted molar refractivity (Wildman–Crippen MR) is 249 cm³/mol. The lowest BCUT2D eigenvalue weighted by atomic mass is 9.95. The van der Waals surface area contributed by atoms with Crippen LogP contribution in [0.1, 0.15) is 86.2 Å². The minimum atomic E-state index is -0.382. The fourth-order valence-corrected chi connectivity index (χ4v) is 9.27. The Balaban J connectivity index is 0.770. The number of fused-ring (bicyclic) bond motifs is 1. The number of carbonyl (C=O) groups excluding carboxylic acids is 3. The van der Waals surface area contributed by atoms with Gasteiger partial charge in [-0.25, -0.2) is 9.78 Å². The van der Waals surface area contributed by atoms with Crippen molar-refractivity contribution in [3.05, 3.63) is 101 Å². The van der Waals surface area contributed by atoms with Gasteiger partial charge in [0.2, 0.25) is 11.8 Å². The number of nitrogens with zero attached hydrogens (tertiary/aromatic N) is 8. The van der Waals surface area contributed by atoms with Gasteiger partial charge in [-0.2, -0.15) is 10.1 Å². The second-order valence-electron chi connectivity index (χ2n) is 18.6. The summed E-state index contributed by atoms with van der Waals surface area (Å²) in [6.07, 6.45) is 4.55. The maximum absolute atomic E-state index is 13.0. The zero-order valence-electron chi connectivity index (χ0n) is 37.6. The monoisotopic (exact) mass is 863 g/mol. The molecular formula is C49H57N11O4. The zero-order valence-corrected chi connectivity index (χ0v) is 37.6. The van der Waals surface area contributed by atoms with Crippen molar-refractivity contribution in [3.8, 4) is 22.4 Å². The van der Waals surface area contributed by atoms with Crippen molar-refractivity contribution < 1.29 is 18.9 Å². The van der Waals surface area contributed by atoms with Crippen LogP contribution in [0, 0.1) is 19.8 Å². The van der Waals surface area contributed by atoms with Crippen molar-refractivity contribution in [2.75, 3.05) is 67.1 Å². The molecule has 0 radical (unpaired) electrons. The lowest BCUT2D eigenvalue weighted by Gasteiger charge is -2.40. The number of amides is 4. The van der Waals surface area contributed by atoms with Crippen molar-refractivity contribution >= 4 is 45.9 Å². The number of rotatable bonds is 10. The third-order valence-corrected chi connectivity index (χ3v) is 13.0. The average Bonchev–Trinajstić information content (AvgIpc) is 3.96. The van der Waals surface area contributed by atoms with Gasteiger partial charge >= 0.3 is 6.03 Å². The molecule has 3 aromatic heterocycles. The van der Waals surface area contributed by atoms with Crippen molar-refractivity contribution in [1.29, 1.82) is 0 Å². The molecule has 0 saturated carbocycles. The number of piperidine rings is 1. The number of aromatic nitrogens is 5. The molecule has 0 spiro atoms. The number of hydrogen-bond donors (Lipinski definition) is 3. The summed E-state index contributed by atoms with van der Waals surface area (Å²) in [6.45, 7) is 19.6. The van der Waals surface area contributed by atoms with Crippen LogP contribution >= 0.6 is 0 Å². The van der Waals surface area contributed by atoms with Crippen molar-refractivity contribution in [1.82, 2.24) is 40.9 Å². The van der Waals surface area contributed by atoms with E-state index in [1.54, 1.807) is 4.90 Å². The average molecular weight is 864 g/mol. The Bertz CT molecular complexity index is 2690. The maximum atomic E-state index is 13.0. The first-order valence-electron chi connectivity index (χ1n) is 22.4. The number of pyridine rings is 1. The van der Waals surface area contributed by atoms with Gasteiger partial charge in [-0.05, 0) is 104 Å². The van der Waals surface area contributed by atoms with Gasteiger partial charge in [0.1, 0.15) is 5.69 Å². The summed E-state index contributed by atoms with van der Waals surface area (Å²) >= 11 is 0. The first-order chi connectivity index (χ1) is 30.8. The number of carbonyl (C=O) groups is 3. The summed E-state index contributed by atoms with van der Waals surface area (Å²) < 4.78 is 5.32. The summed E-state index contributed by atoms with van der Waals surface area (Å²) in [5.74, 6) is 0.523. The summed E-state index contributed by atoms with van der Waals surface area (Å²) in [5.41, 5.74) is 10.6. The van der Waals surface area contributed by atoms with E-state index in [2.05, 4.69) is 94.2 Å². The van der Waals surface area contributed by atoms with Crippen LogP contribution in [-0.4, -0.2) is 100 Å². The number of aromatic amines is 1. The van der Waals surface area contributed by atoms with E-state index in [-0.39, 0.29) is 35.1 Å². The number of piperazine rings is 1. The minimum absolute atomic E-state index is 0.0237. The summed E-state index contributed by atoms with van der Waals surface area (Å²) in [7, 11) is 0. The molecule has 3 aliphatic heterocycles. The Labute approximate surface area is 373 Å². The third kappa shape index (κ3) is 8.94. The Morgan fingerprint density at radius 1 is 0.844 bits per heavy atom. The molecule has 3 saturated heterocycles. The molecule has 4 amide bonds. The van der Waals surface area contributed by atoms with Gasteiger partial charge in [-0.3, -0.25) is 29.8 Å². The predicted octanol–water partition coefficient (Wildman–Crippen LogP) is 7.57. The first kappa shape index (κ1) is 42.7. The Kier molecular flexibility index (Phi) is 11.7. The van der Waals surface area contributed by atoms with E-state index in [1.165, 1.54) is 11.4 Å². The van der Waals surface area contributed by atoms with Crippen LogP contribution in [-0.2, 0) is 10.2 Å². The third-order valence-electron chi connectivity index (χ3n) is 13.0. The SMILES string of the molecule is Cc1cc(-c2n[nH]c3ncc(-c4ccc(N5CCN(CC6CCN(c7ccc(N8CCC(=O)NC8=O)c(C)c7)CC6)CC5)cc4)cc23)ccc1C(C)NC(=O)c1noc(C(C)(C)C)n1. The molecular weight excluding hydrogens is 807 g/mol. The Morgan fingerprint density at radius 3 is 2.25 bits per heavy atom. The first-order valence-corrected chi connectivity index (χ1v) is 22.4. The number of nitrogens with one attached hydrogen (secondary N) is 3. The van der Waals surface area contributed by atoms with E-state index in [0.717, 1.165) is 114 Å². The van der Waals surface area contributed by atoms with Crippen molar-refractivity contribution in [2.45, 2.75) is 72.3 Å². The molecule has 0 bridgehead atoms. The molecule has 64 heavy (non-hydrogen) atoms. The number of hydrogen-bond acceptors (Lipinski definition) is 11. The molecule has 6 heterocycles.